The molecular formula is C55H100O5. The summed E-state index contributed by atoms with van der Waals surface area (Å²) in [7, 11) is 0. The zero-order chi connectivity index (χ0) is 43.5. The molecule has 5 nitrogen and oxygen atoms in total. The van der Waals surface area contributed by atoms with Crippen molar-refractivity contribution in [2.75, 3.05) is 19.8 Å². The maximum absolute atomic E-state index is 12.8. The normalized spacial score (nSPS) is 12.5. The molecule has 0 rings (SSSR count). The zero-order valence-corrected chi connectivity index (χ0v) is 40.2. The second kappa shape index (κ2) is 51.2. The summed E-state index contributed by atoms with van der Waals surface area (Å²) in [6.07, 6.45) is 62.6. The van der Waals surface area contributed by atoms with E-state index in [2.05, 4.69) is 69.4 Å². The van der Waals surface area contributed by atoms with Gasteiger partial charge < -0.3 is 14.2 Å². The van der Waals surface area contributed by atoms with Gasteiger partial charge in [0.05, 0.1) is 6.61 Å². The summed E-state index contributed by atoms with van der Waals surface area (Å²) in [6, 6.07) is 0. The van der Waals surface area contributed by atoms with Gasteiger partial charge in [0.25, 0.3) is 0 Å². The molecule has 60 heavy (non-hydrogen) atoms. The van der Waals surface area contributed by atoms with E-state index in [-0.39, 0.29) is 25.2 Å². The predicted molar refractivity (Wildman–Crippen MR) is 261 cm³/mol. The molecule has 0 aliphatic carbocycles. The van der Waals surface area contributed by atoms with Gasteiger partial charge in [-0.05, 0) is 77.0 Å². The number of hydrogen-bond acceptors (Lipinski definition) is 5. The van der Waals surface area contributed by atoms with E-state index >= 15 is 0 Å². The average Bonchev–Trinajstić information content (AvgIpc) is 3.25. The SMILES string of the molecule is CCC/C=C\C/C=C\CCCCCCCCOCC(COC(=O)CCCCCCCCCCC/C=C\C/C=C\CCCCC)OC(=O)CCCCCCCCCCCCC. The van der Waals surface area contributed by atoms with Crippen molar-refractivity contribution < 1.29 is 23.8 Å². The van der Waals surface area contributed by atoms with Gasteiger partial charge in [-0.3, -0.25) is 9.59 Å². The molecule has 0 aliphatic rings. The molecule has 5 heteroatoms. The smallest absolute Gasteiger partial charge is 0.306 e. The van der Waals surface area contributed by atoms with Gasteiger partial charge in [-0.1, -0.05) is 223 Å². The van der Waals surface area contributed by atoms with Gasteiger partial charge in [0, 0.05) is 19.4 Å². The second-order valence-electron chi connectivity index (χ2n) is 17.4. The minimum Gasteiger partial charge on any atom is -0.462 e. The van der Waals surface area contributed by atoms with E-state index in [1.165, 1.54) is 180 Å². The van der Waals surface area contributed by atoms with Crippen molar-refractivity contribution >= 4 is 11.9 Å². The van der Waals surface area contributed by atoms with Crippen molar-refractivity contribution in [1.29, 1.82) is 0 Å². The molecule has 0 aromatic carbocycles. The molecule has 0 aromatic rings. The van der Waals surface area contributed by atoms with E-state index < -0.39 is 6.10 Å². The molecule has 0 spiro atoms. The molecular weight excluding hydrogens is 741 g/mol. The molecule has 1 unspecified atom stereocenters. The maximum Gasteiger partial charge on any atom is 0.306 e. The summed E-state index contributed by atoms with van der Waals surface area (Å²) in [5.74, 6) is -0.399. The molecule has 0 bridgehead atoms. The summed E-state index contributed by atoms with van der Waals surface area (Å²) in [4.78, 5) is 25.4. The third kappa shape index (κ3) is 48.5. The molecule has 1 atom stereocenters. The number of carbonyl (C=O) groups is 2. The van der Waals surface area contributed by atoms with Gasteiger partial charge in [-0.25, -0.2) is 0 Å². The third-order valence-electron chi connectivity index (χ3n) is 11.3. The lowest BCUT2D eigenvalue weighted by atomic mass is 10.1. The molecule has 0 saturated carbocycles. The van der Waals surface area contributed by atoms with Gasteiger partial charge in [0.2, 0.25) is 0 Å². The largest absolute Gasteiger partial charge is 0.462 e. The molecule has 0 aromatic heterocycles. The summed E-state index contributed by atoms with van der Waals surface area (Å²) >= 11 is 0. The molecule has 0 amide bonds. The fourth-order valence-corrected chi connectivity index (χ4v) is 7.40. The quantitative estimate of drug-likeness (QED) is 0.0347. The van der Waals surface area contributed by atoms with Crippen LogP contribution < -0.4 is 0 Å². The van der Waals surface area contributed by atoms with Crippen LogP contribution in [0.5, 0.6) is 0 Å². The Balaban J connectivity index is 4.21. The molecule has 0 fully saturated rings. The fraction of sp³-hybridized carbons (Fsp3) is 0.818. The van der Waals surface area contributed by atoms with Crippen molar-refractivity contribution in [3.05, 3.63) is 48.6 Å². The molecule has 0 N–H and O–H groups in total. The fourth-order valence-electron chi connectivity index (χ4n) is 7.40. The first-order chi connectivity index (χ1) is 29.6. The van der Waals surface area contributed by atoms with Crippen LogP contribution in [0.3, 0.4) is 0 Å². The summed E-state index contributed by atoms with van der Waals surface area (Å²) in [5.41, 5.74) is 0. The lowest BCUT2D eigenvalue weighted by Crippen LogP contribution is -2.30. The Morgan fingerprint density at radius 3 is 1.20 bits per heavy atom. The number of carbonyl (C=O) groups excluding carboxylic acids is 2. The highest BCUT2D eigenvalue weighted by molar-refractivity contribution is 5.70. The lowest BCUT2D eigenvalue weighted by molar-refractivity contribution is -0.163. The van der Waals surface area contributed by atoms with Crippen molar-refractivity contribution in [3.8, 4) is 0 Å². The van der Waals surface area contributed by atoms with Crippen LogP contribution in [-0.4, -0.2) is 37.9 Å². The number of allylic oxidation sites excluding steroid dienone is 8. The van der Waals surface area contributed by atoms with E-state index in [0.717, 1.165) is 51.4 Å². The Morgan fingerprint density at radius 2 is 0.733 bits per heavy atom. The van der Waals surface area contributed by atoms with E-state index in [1.54, 1.807) is 0 Å². The van der Waals surface area contributed by atoms with Crippen LogP contribution in [0.4, 0.5) is 0 Å². The lowest BCUT2D eigenvalue weighted by Gasteiger charge is -2.18. The molecule has 0 radical (unpaired) electrons. The van der Waals surface area contributed by atoms with E-state index in [1.807, 2.05) is 0 Å². The minimum absolute atomic E-state index is 0.0816. The van der Waals surface area contributed by atoms with Gasteiger partial charge >= 0.3 is 11.9 Å². The first kappa shape index (κ1) is 57.9. The second-order valence-corrected chi connectivity index (χ2v) is 17.4. The Kier molecular flexibility index (Phi) is 49.4. The van der Waals surface area contributed by atoms with E-state index in [4.69, 9.17) is 14.2 Å². The van der Waals surface area contributed by atoms with Crippen LogP contribution in [0, 0.1) is 0 Å². The highest BCUT2D eigenvalue weighted by Gasteiger charge is 2.17. The number of ether oxygens (including phenoxy) is 3. The molecule has 0 heterocycles. The van der Waals surface area contributed by atoms with Gasteiger partial charge in [-0.15, -0.1) is 0 Å². The third-order valence-corrected chi connectivity index (χ3v) is 11.3. The Hall–Kier alpha value is -2.14. The predicted octanol–water partition coefficient (Wildman–Crippen LogP) is 17.6. The summed E-state index contributed by atoms with van der Waals surface area (Å²) < 4.78 is 17.4. The maximum atomic E-state index is 12.8. The number of unbranched alkanes of at least 4 members (excludes halogenated alkanes) is 29. The Labute approximate surface area is 373 Å². The molecule has 350 valence electrons. The Bertz CT molecular complexity index is 997. The van der Waals surface area contributed by atoms with Crippen LogP contribution in [0.25, 0.3) is 0 Å². The van der Waals surface area contributed by atoms with E-state index in [0.29, 0.717) is 19.4 Å². The molecule has 0 aliphatic heterocycles. The topological polar surface area (TPSA) is 61.8 Å². The van der Waals surface area contributed by atoms with Crippen molar-refractivity contribution in [3.63, 3.8) is 0 Å². The van der Waals surface area contributed by atoms with Gasteiger partial charge in [-0.2, -0.15) is 0 Å². The van der Waals surface area contributed by atoms with Crippen molar-refractivity contribution in [2.24, 2.45) is 0 Å². The van der Waals surface area contributed by atoms with Crippen LogP contribution in [-0.2, 0) is 23.8 Å². The summed E-state index contributed by atoms with van der Waals surface area (Å²) in [5, 5.41) is 0. The van der Waals surface area contributed by atoms with E-state index in [9.17, 15) is 9.59 Å². The van der Waals surface area contributed by atoms with Gasteiger partial charge in [0.15, 0.2) is 6.10 Å². The Morgan fingerprint density at radius 1 is 0.367 bits per heavy atom. The highest BCUT2D eigenvalue weighted by Crippen LogP contribution is 2.15. The minimum atomic E-state index is -0.539. The van der Waals surface area contributed by atoms with Gasteiger partial charge in [0.1, 0.15) is 6.61 Å². The standard InChI is InChI=1S/C55H100O5/c1-4-7-10-13-16-19-22-24-26-27-28-29-30-31-34-36-39-42-45-48-54(56)59-52-53(60-55(57)49-46-43-40-37-33-21-18-15-12-9-6-3)51-58-50-47-44-41-38-35-32-25-23-20-17-14-11-8-5-2/h11,14,16,19-20,23-24,26,53H,4-10,12-13,15,17-18,21-22,25,27-52H2,1-3H3/b14-11-,19-16-,23-20-,26-24-. The average molecular weight is 841 g/mol. The zero-order valence-electron chi connectivity index (χ0n) is 40.2. The van der Waals surface area contributed by atoms with Crippen LogP contribution >= 0.6 is 0 Å². The highest BCUT2D eigenvalue weighted by atomic mass is 16.6. The number of esters is 2. The molecule has 0 saturated heterocycles. The number of hydrogen-bond donors (Lipinski definition) is 0. The van der Waals surface area contributed by atoms with Crippen LogP contribution in [0.2, 0.25) is 0 Å². The van der Waals surface area contributed by atoms with Crippen LogP contribution in [0.1, 0.15) is 265 Å². The monoisotopic (exact) mass is 841 g/mol. The van der Waals surface area contributed by atoms with Crippen molar-refractivity contribution in [2.45, 2.75) is 271 Å². The number of rotatable bonds is 48. The first-order valence-corrected chi connectivity index (χ1v) is 26.2. The van der Waals surface area contributed by atoms with Crippen LogP contribution in [0.15, 0.2) is 48.6 Å². The summed E-state index contributed by atoms with van der Waals surface area (Å²) in [6.45, 7) is 7.74. The first-order valence-electron chi connectivity index (χ1n) is 26.2. The van der Waals surface area contributed by atoms with Crippen molar-refractivity contribution in [1.82, 2.24) is 0 Å².